The number of imide groups is 1. The Balaban J connectivity index is 1.26. The lowest BCUT2D eigenvalue weighted by molar-refractivity contribution is -0.137. The molecule has 2 amide bonds. The van der Waals surface area contributed by atoms with Crippen molar-refractivity contribution < 1.29 is 42.9 Å². The number of furan rings is 1. The van der Waals surface area contributed by atoms with Gasteiger partial charge in [-0.1, -0.05) is 90.5 Å². The lowest BCUT2D eigenvalue weighted by Crippen LogP contribution is -2.47. The van der Waals surface area contributed by atoms with E-state index in [0.717, 1.165) is 27.2 Å². The van der Waals surface area contributed by atoms with Crippen LogP contribution in [0.5, 0.6) is 0 Å². The number of ether oxygens (including phenoxy) is 4. The fourth-order valence-electron chi connectivity index (χ4n) is 5.71. The molecule has 2 heterocycles. The average molecular weight is 656 g/mol. The topological polar surface area (TPSA) is 125 Å². The molecule has 1 fully saturated rings. The summed E-state index contributed by atoms with van der Waals surface area (Å²) in [6, 6.07) is 27.6. The van der Waals surface area contributed by atoms with Gasteiger partial charge in [-0.2, -0.15) is 0 Å². The first-order chi connectivity index (χ1) is 23.3. The molecule has 1 N–H and O–H groups in total. The van der Waals surface area contributed by atoms with Crippen LogP contribution in [0.25, 0.3) is 11.1 Å². The second kappa shape index (κ2) is 16.5. The Hall–Kier alpha value is -4.61. The van der Waals surface area contributed by atoms with Gasteiger partial charge >= 0.3 is 6.09 Å². The number of cyclic esters (lactones) is 1. The van der Waals surface area contributed by atoms with Crippen LogP contribution >= 0.6 is 0 Å². The molecule has 0 unspecified atom stereocenters. The van der Waals surface area contributed by atoms with Crippen LogP contribution in [0.1, 0.15) is 52.5 Å². The molecule has 5 rings (SSSR count). The second-order valence-corrected chi connectivity index (χ2v) is 11.7. The zero-order valence-corrected chi connectivity index (χ0v) is 27.4. The van der Waals surface area contributed by atoms with Gasteiger partial charge in [0, 0.05) is 25.7 Å². The number of nitrogens with zero attached hydrogens (tertiary/aromatic N) is 1. The number of ketones is 1. The van der Waals surface area contributed by atoms with Crippen molar-refractivity contribution in [2.45, 2.75) is 57.6 Å². The average Bonchev–Trinajstić information content (AvgIpc) is 3.67. The van der Waals surface area contributed by atoms with Crippen LogP contribution in [0, 0.1) is 6.92 Å². The van der Waals surface area contributed by atoms with Crippen molar-refractivity contribution >= 4 is 17.8 Å². The quantitative estimate of drug-likeness (QED) is 0.0868. The van der Waals surface area contributed by atoms with Crippen molar-refractivity contribution in [2.75, 3.05) is 26.9 Å². The molecule has 1 saturated heterocycles. The number of methoxy groups -OCH3 is 1. The number of aliphatic hydroxyl groups excluding tert-OH is 1. The van der Waals surface area contributed by atoms with Gasteiger partial charge in [-0.25, -0.2) is 9.69 Å². The molecule has 0 saturated carbocycles. The van der Waals surface area contributed by atoms with Crippen LogP contribution in [0.4, 0.5) is 4.79 Å². The maximum Gasteiger partial charge on any atom is 0.417 e. The fraction of sp³-hybridized carbons (Fsp3) is 0.342. The number of Topliss-reactive ketones (excluding diaryl/α,β-unsaturated/α-hetero) is 1. The lowest BCUT2D eigenvalue weighted by Gasteiger charge is -2.22. The summed E-state index contributed by atoms with van der Waals surface area (Å²) in [6.07, 6.45) is -2.61. The Morgan fingerprint density at radius 1 is 0.979 bits per heavy atom. The van der Waals surface area contributed by atoms with Gasteiger partial charge in [-0.3, -0.25) is 9.59 Å². The van der Waals surface area contributed by atoms with Crippen LogP contribution in [0.2, 0.25) is 0 Å². The van der Waals surface area contributed by atoms with E-state index in [-0.39, 0.29) is 19.0 Å². The molecule has 1 aromatic heterocycles. The van der Waals surface area contributed by atoms with E-state index < -0.39 is 42.1 Å². The largest absolute Gasteiger partial charge is 0.457 e. The molecule has 10 nitrogen and oxygen atoms in total. The summed E-state index contributed by atoms with van der Waals surface area (Å²) >= 11 is 0. The monoisotopic (exact) mass is 655 g/mol. The molecule has 252 valence electrons. The molecule has 0 bridgehead atoms. The normalized spacial score (nSPS) is 17.2. The maximum atomic E-state index is 13.8. The van der Waals surface area contributed by atoms with E-state index in [0.29, 0.717) is 37.4 Å². The predicted octanol–water partition coefficient (Wildman–Crippen LogP) is 6.09. The number of carbonyl (C=O) groups is 3. The predicted molar refractivity (Wildman–Crippen MR) is 177 cm³/mol. The molecule has 0 aliphatic carbocycles. The maximum absolute atomic E-state index is 13.8. The van der Waals surface area contributed by atoms with E-state index in [4.69, 9.17) is 23.4 Å². The van der Waals surface area contributed by atoms with Crippen LogP contribution in [-0.4, -0.2) is 73.0 Å². The van der Waals surface area contributed by atoms with E-state index in [9.17, 15) is 19.5 Å². The Morgan fingerprint density at radius 2 is 1.71 bits per heavy atom. The minimum absolute atomic E-state index is 0.0582. The van der Waals surface area contributed by atoms with Gasteiger partial charge in [0.15, 0.2) is 5.76 Å². The number of aliphatic hydroxyl groups is 1. The van der Waals surface area contributed by atoms with Gasteiger partial charge < -0.3 is 28.5 Å². The third-order valence-electron chi connectivity index (χ3n) is 8.24. The van der Waals surface area contributed by atoms with Crippen molar-refractivity contribution in [3.63, 3.8) is 0 Å². The summed E-state index contributed by atoms with van der Waals surface area (Å²) in [5.41, 5.74) is 4.34. The van der Waals surface area contributed by atoms with Crippen LogP contribution in [0.3, 0.4) is 0 Å². The van der Waals surface area contributed by atoms with Gasteiger partial charge in [0.05, 0.1) is 25.9 Å². The molecule has 4 aromatic rings. The Labute approximate surface area is 280 Å². The third-order valence-corrected chi connectivity index (χ3v) is 8.24. The molecule has 3 aromatic carbocycles. The summed E-state index contributed by atoms with van der Waals surface area (Å²) in [5, 5.41) is 9.73. The van der Waals surface area contributed by atoms with Gasteiger partial charge in [-0.05, 0) is 43.0 Å². The van der Waals surface area contributed by atoms with E-state index in [2.05, 4.69) is 0 Å². The number of hydrogen-bond donors (Lipinski definition) is 1. The zero-order chi connectivity index (χ0) is 34.0. The molecule has 0 spiro atoms. The molecule has 1 aliphatic heterocycles. The molecule has 10 heteroatoms. The molecular weight excluding hydrogens is 614 g/mol. The van der Waals surface area contributed by atoms with Gasteiger partial charge in [0.2, 0.25) is 11.9 Å². The molecule has 48 heavy (non-hydrogen) atoms. The van der Waals surface area contributed by atoms with Gasteiger partial charge in [0.1, 0.15) is 18.0 Å². The van der Waals surface area contributed by atoms with E-state index in [1.54, 1.807) is 13.0 Å². The number of aryl methyl sites for hydroxylation is 2. The van der Waals surface area contributed by atoms with E-state index in [1.807, 2.05) is 91.9 Å². The molecular formula is C38H41NO9. The summed E-state index contributed by atoms with van der Waals surface area (Å²) < 4.78 is 28.6. The van der Waals surface area contributed by atoms with Crippen LogP contribution < -0.4 is 0 Å². The standard InChI is InChI=1S/C38H41NO9/c1-25-12-10-17-29(20-25)31-21-33(47-32(31)18-11-19-45-24-30(22-40)46-23-27-13-6-4-7-14-27)34(41)36(44-3)37(42)39-26(2)35(48-38(39)43)28-15-8-5-9-16-28/h4-10,12-17,20-21,26,30,35-36,40H,11,18-19,22-24H2,1-3H3/t26-,30+,35-,36-/m0/s1. The van der Waals surface area contributed by atoms with Crippen molar-refractivity contribution in [3.05, 3.63) is 119 Å². The van der Waals surface area contributed by atoms with E-state index in [1.165, 1.54) is 7.11 Å². The highest BCUT2D eigenvalue weighted by Gasteiger charge is 2.47. The Morgan fingerprint density at radius 3 is 2.40 bits per heavy atom. The summed E-state index contributed by atoms with van der Waals surface area (Å²) in [5.74, 6) is -1.04. The number of rotatable bonds is 16. The number of carbonyl (C=O) groups excluding carboxylic acids is 3. The molecule has 0 radical (unpaired) electrons. The molecule has 1 aliphatic rings. The number of amides is 2. The first-order valence-corrected chi connectivity index (χ1v) is 16.0. The first kappa shape index (κ1) is 34.7. The van der Waals surface area contributed by atoms with Crippen LogP contribution in [0.15, 0.2) is 95.4 Å². The summed E-state index contributed by atoms with van der Waals surface area (Å²) in [6.45, 7) is 4.44. The fourth-order valence-corrected chi connectivity index (χ4v) is 5.71. The van der Waals surface area contributed by atoms with Crippen LogP contribution in [-0.2, 0) is 36.8 Å². The lowest BCUT2D eigenvalue weighted by atomic mass is 10.0. The van der Waals surface area contributed by atoms with E-state index >= 15 is 0 Å². The number of benzene rings is 3. The highest BCUT2D eigenvalue weighted by molar-refractivity contribution is 6.14. The van der Waals surface area contributed by atoms with Crippen molar-refractivity contribution in [3.8, 4) is 11.1 Å². The molecule has 4 atom stereocenters. The highest BCUT2D eigenvalue weighted by atomic mass is 16.6. The Bertz CT molecular complexity index is 1670. The SMILES string of the molecule is CO[C@@H](C(=O)c1cc(-c2cccc(C)c2)c(CCCOC[C@@H](CO)OCc2ccccc2)o1)C(=O)N1C(=O)O[C@H](c2ccccc2)[C@@H]1C. The summed E-state index contributed by atoms with van der Waals surface area (Å²) in [7, 11) is 1.24. The van der Waals surface area contributed by atoms with Gasteiger partial charge in [-0.15, -0.1) is 0 Å². The Kier molecular flexibility index (Phi) is 11.9. The zero-order valence-electron chi connectivity index (χ0n) is 27.4. The van der Waals surface area contributed by atoms with Crippen molar-refractivity contribution in [2.24, 2.45) is 0 Å². The minimum atomic E-state index is -1.62. The second-order valence-electron chi connectivity index (χ2n) is 11.7. The third kappa shape index (κ3) is 8.26. The van der Waals surface area contributed by atoms with Crippen molar-refractivity contribution in [1.29, 1.82) is 0 Å². The van der Waals surface area contributed by atoms with Gasteiger partial charge in [0.25, 0.3) is 5.91 Å². The minimum Gasteiger partial charge on any atom is -0.457 e. The highest BCUT2D eigenvalue weighted by Crippen LogP contribution is 2.34. The summed E-state index contributed by atoms with van der Waals surface area (Å²) in [4.78, 5) is 41.2. The number of hydrogen-bond acceptors (Lipinski definition) is 9. The smallest absolute Gasteiger partial charge is 0.417 e. The van der Waals surface area contributed by atoms with Crippen molar-refractivity contribution in [1.82, 2.24) is 4.90 Å². The first-order valence-electron chi connectivity index (χ1n) is 16.0.